The van der Waals surface area contributed by atoms with E-state index in [1.54, 1.807) is 16.2 Å². The van der Waals surface area contributed by atoms with Crippen molar-refractivity contribution in [2.75, 3.05) is 32.8 Å². The monoisotopic (exact) mass is 341 g/mol. The van der Waals surface area contributed by atoms with Gasteiger partial charge >= 0.3 is 6.03 Å². The zero-order chi connectivity index (χ0) is 16.9. The summed E-state index contributed by atoms with van der Waals surface area (Å²) < 4.78 is 5.74. The second kappa shape index (κ2) is 8.08. The summed E-state index contributed by atoms with van der Waals surface area (Å²) >= 11 is 1.58. The number of ether oxygens (including phenoxy) is 1. The van der Waals surface area contributed by atoms with Crippen molar-refractivity contribution in [1.82, 2.24) is 15.2 Å². The van der Waals surface area contributed by atoms with Gasteiger partial charge in [-0.15, -0.1) is 11.3 Å². The largest absolute Gasteiger partial charge is 0.396 e. The van der Waals surface area contributed by atoms with Crippen molar-refractivity contribution >= 4 is 17.4 Å². The molecule has 0 aromatic carbocycles. The fraction of sp³-hybridized carbons (Fsp3) is 0.750. The quantitative estimate of drug-likeness (QED) is 0.779. The molecule has 1 saturated heterocycles. The van der Waals surface area contributed by atoms with Crippen LogP contribution >= 0.6 is 11.3 Å². The van der Waals surface area contributed by atoms with E-state index >= 15 is 0 Å². The summed E-state index contributed by atoms with van der Waals surface area (Å²) in [6, 6.07) is -0.0478. The van der Waals surface area contributed by atoms with Gasteiger partial charge in [0.15, 0.2) is 0 Å². The van der Waals surface area contributed by atoms with Crippen LogP contribution in [0.3, 0.4) is 0 Å². The Balaban J connectivity index is 1.76. The number of nitrogens with zero attached hydrogens (tertiary/aromatic N) is 2. The second-order valence-electron chi connectivity index (χ2n) is 6.79. The number of hydrogen-bond donors (Lipinski definition) is 2. The van der Waals surface area contributed by atoms with Gasteiger partial charge in [-0.3, -0.25) is 0 Å². The SMILES string of the molecule is Cc1csc([C@H]2CN(C(=O)NCCCC(C)(C)CO)CCO2)n1. The van der Waals surface area contributed by atoms with E-state index in [1.165, 1.54) is 0 Å². The minimum absolute atomic E-state index is 0.0478. The Morgan fingerprint density at radius 1 is 1.61 bits per heavy atom. The topological polar surface area (TPSA) is 74.7 Å². The van der Waals surface area contributed by atoms with Crippen LogP contribution < -0.4 is 5.32 Å². The molecule has 130 valence electrons. The van der Waals surface area contributed by atoms with Crippen LogP contribution in [0.15, 0.2) is 5.38 Å². The van der Waals surface area contributed by atoms with E-state index in [1.807, 2.05) is 26.2 Å². The van der Waals surface area contributed by atoms with Crippen molar-refractivity contribution < 1.29 is 14.6 Å². The molecule has 6 nitrogen and oxygen atoms in total. The van der Waals surface area contributed by atoms with Gasteiger partial charge in [0.2, 0.25) is 0 Å². The van der Waals surface area contributed by atoms with Crippen LogP contribution in [0.2, 0.25) is 0 Å². The second-order valence-corrected chi connectivity index (χ2v) is 7.68. The molecule has 1 aliphatic rings. The highest BCUT2D eigenvalue weighted by molar-refractivity contribution is 7.09. The third-order valence-electron chi connectivity index (χ3n) is 4.00. The average molecular weight is 341 g/mol. The van der Waals surface area contributed by atoms with Crippen LogP contribution in [-0.2, 0) is 4.74 Å². The maximum absolute atomic E-state index is 12.3. The molecule has 1 aromatic heterocycles. The van der Waals surface area contributed by atoms with Crippen LogP contribution in [0.4, 0.5) is 4.79 Å². The maximum Gasteiger partial charge on any atom is 0.317 e. The molecule has 7 heteroatoms. The van der Waals surface area contributed by atoms with Gasteiger partial charge in [0, 0.05) is 30.8 Å². The summed E-state index contributed by atoms with van der Waals surface area (Å²) in [6.45, 7) is 8.49. The number of amides is 2. The Morgan fingerprint density at radius 2 is 2.39 bits per heavy atom. The summed E-state index contributed by atoms with van der Waals surface area (Å²) in [5, 5.41) is 15.1. The van der Waals surface area contributed by atoms with Crippen molar-refractivity contribution in [1.29, 1.82) is 0 Å². The molecule has 0 bridgehead atoms. The van der Waals surface area contributed by atoms with Crippen molar-refractivity contribution in [2.24, 2.45) is 5.41 Å². The zero-order valence-electron chi connectivity index (χ0n) is 14.2. The molecular formula is C16H27N3O3S. The molecule has 2 rings (SSSR count). The third kappa shape index (κ3) is 5.44. The van der Waals surface area contributed by atoms with E-state index in [2.05, 4.69) is 10.3 Å². The molecular weight excluding hydrogens is 314 g/mol. The van der Waals surface area contributed by atoms with Gasteiger partial charge in [0.25, 0.3) is 0 Å². The maximum atomic E-state index is 12.3. The lowest BCUT2D eigenvalue weighted by Crippen LogP contribution is -2.47. The van der Waals surface area contributed by atoms with E-state index in [4.69, 9.17) is 4.74 Å². The number of aromatic nitrogens is 1. The van der Waals surface area contributed by atoms with E-state index in [-0.39, 0.29) is 24.2 Å². The number of aliphatic hydroxyl groups is 1. The summed E-state index contributed by atoms with van der Waals surface area (Å²) in [4.78, 5) is 18.5. The molecule has 0 unspecified atom stereocenters. The highest BCUT2D eigenvalue weighted by atomic mass is 32.1. The van der Waals surface area contributed by atoms with E-state index in [9.17, 15) is 9.90 Å². The minimum Gasteiger partial charge on any atom is -0.396 e. The van der Waals surface area contributed by atoms with E-state index in [0.29, 0.717) is 26.2 Å². The van der Waals surface area contributed by atoms with Gasteiger partial charge in [-0.25, -0.2) is 9.78 Å². The fourth-order valence-electron chi connectivity index (χ4n) is 2.46. The van der Waals surface area contributed by atoms with Crippen LogP contribution in [0.5, 0.6) is 0 Å². The molecule has 1 aromatic rings. The average Bonchev–Trinajstić information content (AvgIpc) is 2.98. The number of thiazole rings is 1. The zero-order valence-corrected chi connectivity index (χ0v) is 15.0. The smallest absolute Gasteiger partial charge is 0.317 e. The molecule has 0 aliphatic carbocycles. The van der Waals surface area contributed by atoms with Gasteiger partial charge in [0.1, 0.15) is 11.1 Å². The standard InChI is InChI=1S/C16H27N3O3S/c1-12-10-23-14(18-12)13-9-19(7-8-22-13)15(21)17-6-4-5-16(2,3)11-20/h10,13,20H,4-9,11H2,1-3H3,(H,17,21)/t13-/m1/s1. The van der Waals surface area contributed by atoms with Crippen molar-refractivity contribution in [3.05, 3.63) is 16.1 Å². The van der Waals surface area contributed by atoms with Crippen molar-refractivity contribution in [2.45, 2.75) is 39.7 Å². The fourth-order valence-corrected chi connectivity index (χ4v) is 3.29. The first-order chi connectivity index (χ1) is 10.9. The number of aliphatic hydroxyl groups excluding tert-OH is 1. The number of urea groups is 1. The molecule has 2 N–H and O–H groups in total. The normalized spacial score (nSPS) is 19.0. The van der Waals surface area contributed by atoms with Gasteiger partial charge in [0.05, 0.1) is 13.2 Å². The summed E-state index contributed by atoms with van der Waals surface area (Å²) in [5.74, 6) is 0. The Bertz CT molecular complexity index is 518. The molecule has 0 radical (unpaired) electrons. The lowest BCUT2D eigenvalue weighted by Gasteiger charge is -2.32. The number of morpholine rings is 1. The van der Waals surface area contributed by atoms with Gasteiger partial charge in [-0.1, -0.05) is 13.8 Å². The molecule has 0 spiro atoms. The van der Waals surface area contributed by atoms with Crippen molar-refractivity contribution in [3.63, 3.8) is 0 Å². The third-order valence-corrected chi connectivity index (χ3v) is 5.06. The Hall–Kier alpha value is -1.18. The van der Waals surface area contributed by atoms with E-state index in [0.717, 1.165) is 23.5 Å². The van der Waals surface area contributed by atoms with E-state index < -0.39 is 0 Å². The highest BCUT2D eigenvalue weighted by Gasteiger charge is 2.27. The Morgan fingerprint density at radius 3 is 3.04 bits per heavy atom. The van der Waals surface area contributed by atoms with Crippen LogP contribution in [0, 0.1) is 12.3 Å². The number of hydrogen-bond acceptors (Lipinski definition) is 5. The minimum atomic E-state index is -0.124. The van der Waals surface area contributed by atoms with Crippen molar-refractivity contribution in [3.8, 4) is 0 Å². The molecule has 1 fully saturated rings. The summed E-state index contributed by atoms with van der Waals surface area (Å²) in [5.41, 5.74) is 0.902. The molecule has 1 aliphatic heterocycles. The molecule has 1 atom stereocenters. The molecule has 2 heterocycles. The van der Waals surface area contributed by atoms with Crippen LogP contribution in [0.25, 0.3) is 0 Å². The number of nitrogens with one attached hydrogen (secondary N) is 1. The van der Waals surface area contributed by atoms with Gasteiger partial charge in [-0.05, 0) is 25.2 Å². The number of carbonyl (C=O) groups excluding carboxylic acids is 1. The predicted octanol–water partition coefficient (Wildman–Crippen LogP) is 2.33. The first kappa shape index (κ1) is 18.2. The lowest BCUT2D eigenvalue weighted by atomic mass is 9.89. The van der Waals surface area contributed by atoms with Crippen LogP contribution in [-0.4, -0.2) is 53.9 Å². The summed E-state index contributed by atoms with van der Waals surface area (Å²) in [7, 11) is 0. The van der Waals surface area contributed by atoms with Crippen LogP contribution in [0.1, 0.15) is 43.5 Å². The number of rotatable bonds is 6. The number of carbonyl (C=O) groups is 1. The lowest BCUT2D eigenvalue weighted by molar-refractivity contribution is -0.0155. The number of aryl methyl sites for hydroxylation is 1. The van der Waals surface area contributed by atoms with Gasteiger partial charge in [-0.2, -0.15) is 0 Å². The first-order valence-electron chi connectivity index (χ1n) is 8.08. The molecule has 2 amide bonds. The summed E-state index contributed by atoms with van der Waals surface area (Å²) in [6.07, 6.45) is 1.62. The predicted molar refractivity (Wildman–Crippen MR) is 90.6 cm³/mol. The Kier molecular flexibility index (Phi) is 6.38. The highest BCUT2D eigenvalue weighted by Crippen LogP contribution is 2.25. The Labute approximate surface area is 141 Å². The molecule has 23 heavy (non-hydrogen) atoms. The van der Waals surface area contributed by atoms with Gasteiger partial charge < -0.3 is 20.1 Å². The first-order valence-corrected chi connectivity index (χ1v) is 8.96. The molecule has 0 saturated carbocycles.